The van der Waals surface area contributed by atoms with Crippen LogP contribution in [0.2, 0.25) is 0 Å². The molecule has 3 saturated heterocycles. The van der Waals surface area contributed by atoms with E-state index in [9.17, 15) is 4.79 Å². The molecule has 0 amide bonds. The first-order valence-corrected chi connectivity index (χ1v) is 11.8. The van der Waals surface area contributed by atoms with Crippen LogP contribution in [0.1, 0.15) is 55.8 Å². The lowest BCUT2D eigenvalue weighted by molar-refractivity contribution is 0.0601. The van der Waals surface area contributed by atoms with Crippen molar-refractivity contribution in [1.29, 1.82) is 0 Å². The number of likely N-dealkylation sites (tertiary alicyclic amines) is 1. The van der Waals surface area contributed by atoms with Crippen LogP contribution in [0.25, 0.3) is 10.8 Å². The van der Waals surface area contributed by atoms with E-state index in [1.807, 2.05) is 6.07 Å². The third-order valence-corrected chi connectivity index (χ3v) is 7.56. The summed E-state index contributed by atoms with van der Waals surface area (Å²) in [7, 11) is 0. The van der Waals surface area contributed by atoms with Crippen molar-refractivity contribution in [1.82, 2.24) is 4.90 Å². The Labute approximate surface area is 180 Å². The lowest BCUT2D eigenvalue weighted by Crippen LogP contribution is -2.39. The van der Waals surface area contributed by atoms with Gasteiger partial charge in [-0.3, -0.25) is 9.69 Å². The van der Waals surface area contributed by atoms with Gasteiger partial charge < -0.3 is 9.64 Å². The Morgan fingerprint density at radius 1 is 1.00 bits per heavy atom. The number of rotatable bonds is 5. The van der Waals surface area contributed by atoms with Crippen molar-refractivity contribution in [2.75, 3.05) is 37.7 Å². The van der Waals surface area contributed by atoms with Gasteiger partial charge in [0, 0.05) is 56.1 Å². The molecule has 0 bridgehead atoms. The molecule has 0 saturated carbocycles. The lowest BCUT2D eigenvalue weighted by Gasteiger charge is -2.28. The minimum atomic E-state index is 0.273. The van der Waals surface area contributed by atoms with Gasteiger partial charge in [-0.1, -0.05) is 18.2 Å². The number of hydrogen-bond donors (Lipinski definition) is 0. The molecule has 0 radical (unpaired) electrons. The predicted octanol–water partition coefficient (Wildman–Crippen LogP) is 4.90. The quantitative estimate of drug-likeness (QED) is 0.661. The Morgan fingerprint density at radius 3 is 2.60 bits per heavy atom. The van der Waals surface area contributed by atoms with E-state index in [-0.39, 0.29) is 5.78 Å². The number of fused-ring (bicyclic) bond motifs is 1. The standard InChI is InChI=1S/C26H34N2O2/c1-19-3-2-11-28(19)25-8-12-27(18-25)24-7-6-21-16-23(5-4-22(21)17-24)26(29)15-20-9-13-30-14-10-20/h4-7,16-17,19-20,25H,2-3,8-15,18H2,1H3/t19-,25-/m0/s1. The van der Waals surface area contributed by atoms with Gasteiger partial charge in [-0.05, 0) is 80.5 Å². The van der Waals surface area contributed by atoms with Gasteiger partial charge in [0.2, 0.25) is 0 Å². The highest BCUT2D eigenvalue weighted by Gasteiger charge is 2.32. The third kappa shape index (κ3) is 4.13. The second-order valence-corrected chi connectivity index (χ2v) is 9.55. The van der Waals surface area contributed by atoms with Crippen molar-refractivity contribution in [3.8, 4) is 0 Å². The van der Waals surface area contributed by atoms with Crippen LogP contribution in [0.15, 0.2) is 36.4 Å². The highest BCUT2D eigenvalue weighted by molar-refractivity contribution is 6.00. The smallest absolute Gasteiger partial charge is 0.163 e. The first-order valence-electron chi connectivity index (χ1n) is 11.8. The van der Waals surface area contributed by atoms with E-state index in [0.717, 1.165) is 50.8 Å². The third-order valence-electron chi connectivity index (χ3n) is 7.56. The second kappa shape index (κ2) is 8.68. The van der Waals surface area contributed by atoms with E-state index < -0.39 is 0 Å². The van der Waals surface area contributed by atoms with Crippen LogP contribution in [-0.2, 0) is 4.74 Å². The van der Waals surface area contributed by atoms with Gasteiger partial charge in [0.1, 0.15) is 0 Å². The number of anilines is 1. The van der Waals surface area contributed by atoms with Gasteiger partial charge >= 0.3 is 0 Å². The van der Waals surface area contributed by atoms with Crippen LogP contribution in [0, 0.1) is 5.92 Å². The van der Waals surface area contributed by atoms with E-state index in [1.54, 1.807) is 0 Å². The maximum Gasteiger partial charge on any atom is 0.163 e. The summed E-state index contributed by atoms with van der Waals surface area (Å²) in [4.78, 5) is 18.0. The molecule has 3 aliphatic rings. The number of ether oxygens (including phenoxy) is 1. The fraction of sp³-hybridized carbons (Fsp3) is 0.577. The zero-order chi connectivity index (χ0) is 20.5. The number of carbonyl (C=O) groups excluding carboxylic acids is 1. The Morgan fingerprint density at radius 2 is 1.80 bits per heavy atom. The highest BCUT2D eigenvalue weighted by atomic mass is 16.5. The fourth-order valence-electron chi connectivity index (χ4n) is 5.68. The molecule has 2 aromatic carbocycles. The van der Waals surface area contributed by atoms with Crippen molar-refractivity contribution in [3.05, 3.63) is 42.0 Å². The molecule has 2 aromatic rings. The molecule has 160 valence electrons. The Balaban J connectivity index is 1.27. The van der Waals surface area contributed by atoms with Crippen LogP contribution in [0.4, 0.5) is 5.69 Å². The van der Waals surface area contributed by atoms with Crippen LogP contribution >= 0.6 is 0 Å². The van der Waals surface area contributed by atoms with Crippen LogP contribution in [-0.4, -0.2) is 55.6 Å². The van der Waals surface area contributed by atoms with E-state index in [4.69, 9.17) is 4.74 Å². The molecule has 2 atom stereocenters. The van der Waals surface area contributed by atoms with Crippen LogP contribution in [0.5, 0.6) is 0 Å². The average Bonchev–Trinajstić information content (AvgIpc) is 3.42. The maximum atomic E-state index is 12.8. The Kier molecular flexibility index (Phi) is 5.79. The SMILES string of the molecule is C[C@H]1CCCN1[C@H]1CCN(c2ccc3cc(C(=O)CC4CCOCC4)ccc3c2)C1. The molecule has 0 spiro atoms. The van der Waals surface area contributed by atoms with E-state index in [2.05, 4.69) is 47.1 Å². The van der Waals surface area contributed by atoms with Crippen LogP contribution < -0.4 is 4.90 Å². The predicted molar refractivity (Wildman–Crippen MR) is 122 cm³/mol. The first-order chi connectivity index (χ1) is 14.7. The summed E-state index contributed by atoms with van der Waals surface area (Å²) in [6.45, 7) is 7.52. The number of carbonyl (C=O) groups is 1. The zero-order valence-electron chi connectivity index (χ0n) is 18.2. The molecular weight excluding hydrogens is 372 g/mol. The average molecular weight is 407 g/mol. The molecule has 4 nitrogen and oxygen atoms in total. The van der Waals surface area contributed by atoms with Gasteiger partial charge in [-0.25, -0.2) is 0 Å². The summed E-state index contributed by atoms with van der Waals surface area (Å²) >= 11 is 0. The van der Waals surface area contributed by atoms with Crippen molar-refractivity contribution < 1.29 is 9.53 Å². The van der Waals surface area contributed by atoms with Gasteiger partial charge in [0.05, 0.1) is 0 Å². The summed E-state index contributed by atoms with van der Waals surface area (Å²) in [5, 5.41) is 2.40. The maximum absolute atomic E-state index is 12.8. The van der Waals surface area contributed by atoms with Crippen LogP contribution in [0.3, 0.4) is 0 Å². The number of benzene rings is 2. The Bertz CT molecular complexity index is 905. The number of nitrogens with zero attached hydrogens (tertiary/aromatic N) is 2. The van der Waals surface area contributed by atoms with Crippen molar-refractivity contribution in [2.24, 2.45) is 5.92 Å². The molecule has 0 N–H and O–H groups in total. The fourth-order valence-corrected chi connectivity index (χ4v) is 5.68. The highest BCUT2D eigenvalue weighted by Crippen LogP contribution is 2.30. The Hall–Kier alpha value is -1.91. The van der Waals surface area contributed by atoms with Crippen molar-refractivity contribution in [2.45, 2.75) is 57.5 Å². The van der Waals surface area contributed by atoms with E-state index in [1.165, 1.54) is 42.3 Å². The largest absolute Gasteiger partial charge is 0.381 e. The normalized spacial score (nSPS) is 26.0. The number of hydrogen-bond acceptors (Lipinski definition) is 4. The van der Waals surface area contributed by atoms with Gasteiger partial charge in [0.15, 0.2) is 5.78 Å². The summed E-state index contributed by atoms with van der Waals surface area (Å²) < 4.78 is 5.42. The number of ketones is 1. The van der Waals surface area contributed by atoms with E-state index in [0.29, 0.717) is 18.4 Å². The minimum absolute atomic E-state index is 0.273. The summed E-state index contributed by atoms with van der Waals surface area (Å²) in [5.74, 6) is 0.751. The summed E-state index contributed by atoms with van der Waals surface area (Å²) in [5.41, 5.74) is 2.17. The van der Waals surface area contributed by atoms with Gasteiger partial charge in [-0.2, -0.15) is 0 Å². The first kappa shape index (κ1) is 20.0. The molecular formula is C26H34N2O2. The minimum Gasteiger partial charge on any atom is -0.381 e. The summed E-state index contributed by atoms with van der Waals surface area (Å²) in [6.07, 6.45) is 6.63. The van der Waals surface area contributed by atoms with Gasteiger partial charge in [-0.15, -0.1) is 0 Å². The molecule has 3 fully saturated rings. The topological polar surface area (TPSA) is 32.8 Å². The number of Topliss-reactive ketones (excluding diaryl/α,β-unsaturated/α-hetero) is 1. The molecule has 3 heterocycles. The lowest BCUT2D eigenvalue weighted by atomic mass is 9.91. The second-order valence-electron chi connectivity index (χ2n) is 9.55. The molecule has 0 unspecified atom stereocenters. The molecule has 4 heteroatoms. The van der Waals surface area contributed by atoms with Crippen molar-refractivity contribution >= 4 is 22.2 Å². The van der Waals surface area contributed by atoms with E-state index >= 15 is 0 Å². The molecule has 30 heavy (non-hydrogen) atoms. The molecule has 3 aliphatic heterocycles. The zero-order valence-corrected chi connectivity index (χ0v) is 18.2. The monoisotopic (exact) mass is 406 g/mol. The molecule has 0 aliphatic carbocycles. The molecule has 5 rings (SSSR count). The summed E-state index contributed by atoms with van der Waals surface area (Å²) in [6, 6.07) is 14.4. The molecule has 0 aromatic heterocycles. The van der Waals surface area contributed by atoms with Crippen molar-refractivity contribution in [3.63, 3.8) is 0 Å². The van der Waals surface area contributed by atoms with Gasteiger partial charge in [0.25, 0.3) is 0 Å².